The normalized spacial score (nSPS) is 12.8. The number of rotatable bonds is 21. The summed E-state index contributed by atoms with van der Waals surface area (Å²) in [5, 5.41) is 0. The van der Waals surface area contributed by atoms with Gasteiger partial charge in [0.05, 0.1) is 0 Å². The Labute approximate surface area is 465 Å². The topological polar surface area (TPSA) is 27.7 Å². The molecule has 0 aliphatic carbocycles. The lowest BCUT2D eigenvalue weighted by atomic mass is 9.74. The van der Waals surface area contributed by atoms with E-state index < -0.39 is 8.60 Å². The summed E-state index contributed by atoms with van der Waals surface area (Å²) >= 11 is 0. The third-order valence-electron chi connectivity index (χ3n) is 15.0. The highest BCUT2D eigenvalue weighted by molar-refractivity contribution is 7.43. The fraction of sp³-hybridized carbons (Fsp3) is 0.500. The maximum Gasteiger partial charge on any atom is 0.530 e. The van der Waals surface area contributed by atoms with E-state index in [1.54, 1.807) is 0 Å². The van der Waals surface area contributed by atoms with Crippen LogP contribution in [0.15, 0.2) is 127 Å². The molecule has 0 aliphatic heterocycles. The largest absolute Gasteiger partial charge is 0.530 e. The quantitative estimate of drug-likeness (QED) is 0.0531. The highest BCUT2D eigenvalue weighted by Crippen LogP contribution is 2.53. The van der Waals surface area contributed by atoms with Crippen LogP contribution in [-0.4, -0.2) is 0 Å². The fourth-order valence-electron chi connectivity index (χ4n) is 11.6. The molecule has 0 aromatic heterocycles. The molecule has 6 rings (SSSR count). The van der Waals surface area contributed by atoms with E-state index in [1.165, 1.54) is 66.8 Å². The van der Waals surface area contributed by atoms with Crippen molar-refractivity contribution >= 4 is 8.60 Å². The lowest BCUT2D eigenvalue weighted by Gasteiger charge is -2.35. The first-order chi connectivity index (χ1) is 35.5. The summed E-state index contributed by atoms with van der Waals surface area (Å²) in [6.07, 6.45) is 12.7. The smallest absolute Gasteiger partial charge is 0.408 e. The summed E-state index contributed by atoms with van der Waals surface area (Å²) in [6, 6.07) is 46.5. The summed E-state index contributed by atoms with van der Waals surface area (Å²) < 4.78 is 22.8. The van der Waals surface area contributed by atoms with Gasteiger partial charge in [0.15, 0.2) is 0 Å². The lowest BCUT2D eigenvalue weighted by molar-refractivity contribution is 0.370. The minimum atomic E-state index is -2.07. The molecule has 0 amide bonds. The highest BCUT2D eigenvalue weighted by Gasteiger charge is 2.37. The predicted molar refractivity (Wildman–Crippen MR) is 330 cm³/mol. The number of unbranched alkanes of at least 4 members (excludes halogenated alkanes) is 3. The third kappa shape index (κ3) is 16.6. The SMILES string of the molecule is CC(C)(C)c1ccc(OP(Oc2ccc(C(C)(C)C)c(CCCCc3ccccc3)c2C(C)(C)C)Oc2ccc(C(C)(C)C)c(CCCCc3ccccc3)c2C(C)(C)C)c(C(C)(C)C)c1CCCCc1ccccc1. The molecule has 0 N–H and O–H groups in total. The van der Waals surface area contributed by atoms with Crippen molar-refractivity contribution < 1.29 is 13.6 Å². The van der Waals surface area contributed by atoms with Gasteiger partial charge >= 0.3 is 8.60 Å². The molecule has 0 bridgehead atoms. The second-order valence-electron chi connectivity index (χ2n) is 28.0. The van der Waals surface area contributed by atoms with Crippen molar-refractivity contribution in [3.8, 4) is 17.2 Å². The van der Waals surface area contributed by atoms with Gasteiger partial charge in [-0.2, -0.15) is 0 Å². The summed E-state index contributed by atoms with van der Waals surface area (Å²) in [4.78, 5) is 0. The molecular weight excluding hydrogens is 944 g/mol. The van der Waals surface area contributed by atoms with Gasteiger partial charge in [0.2, 0.25) is 0 Å². The summed E-state index contributed by atoms with van der Waals surface area (Å²) in [6.45, 7) is 42.3. The van der Waals surface area contributed by atoms with Crippen LogP contribution in [-0.2, 0) is 71.0 Å². The fourth-order valence-corrected chi connectivity index (χ4v) is 12.6. The monoisotopic (exact) mass is 1040 g/mol. The zero-order valence-electron chi connectivity index (χ0n) is 50.8. The first-order valence-corrected chi connectivity index (χ1v) is 30.1. The Hall–Kier alpha value is -4.85. The molecule has 410 valence electrons. The Balaban J connectivity index is 1.51. The molecule has 0 saturated heterocycles. The van der Waals surface area contributed by atoms with Gasteiger partial charge in [0.1, 0.15) is 17.2 Å². The molecule has 76 heavy (non-hydrogen) atoms. The van der Waals surface area contributed by atoms with E-state index in [0.717, 1.165) is 94.3 Å². The molecule has 0 fully saturated rings. The van der Waals surface area contributed by atoms with Crippen molar-refractivity contribution in [2.75, 3.05) is 0 Å². The molecule has 3 nitrogen and oxygen atoms in total. The van der Waals surface area contributed by atoms with E-state index in [1.807, 2.05) is 0 Å². The van der Waals surface area contributed by atoms with E-state index in [9.17, 15) is 0 Å². The van der Waals surface area contributed by atoms with Crippen molar-refractivity contribution in [1.82, 2.24) is 0 Å². The number of benzene rings is 6. The Morgan fingerprint density at radius 3 is 0.697 bits per heavy atom. The molecule has 4 heteroatoms. The van der Waals surface area contributed by atoms with E-state index in [0.29, 0.717) is 0 Å². The van der Waals surface area contributed by atoms with Crippen LogP contribution in [0.3, 0.4) is 0 Å². The number of hydrogen-bond donors (Lipinski definition) is 0. The van der Waals surface area contributed by atoms with Crippen molar-refractivity contribution in [3.63, 3.8) is 0 Å². The van der Waals surface area contributed by atoms with Crippen molar-refractivity contribution in [3.05, 3.63) is 194 Å². The highest BCUT2D eigenvalue weighted by atomic mass is 31.2. The number of hydrogen-bond acceptors (Lipinski definition) is 3. The molecule has 0 spiro atoms. The van der Waals surface area contributed by atoms with Gasteiger partial charge in [-0.1, -0.05) is 234 Å². The first kappa shape index (κ1) is 60.4. The second-order valence-corrected chi connectivity index (χ2v) is 29.0. The Bertz CT molecular complexity index is 2460. The van der Waals surface area contributed by atoms with Crippen LogP contribution in [0.4, 0.5) is 0 Å². The maximum atomic E-state index is 7.59. The molecule has 0 atom stereocenters. The minimum Gasteiger partial charge on any atom is -0.408 e. The van der Waals surface area contributed by atoms with Crippen LogP contribution >= 0.6 is 8.60 Å². The van der Waals surface area contributed by atoms with Gasteiger partial charge in [0, 0.05) is 16.7 Å². The van der Waals surface area contributed by atoms with E-state index in [2.05, 4.69) is 252 Å². The van der Waals surface area contributed by atoms with Crippen LogP contribution in [0.5, 0.6) is 17.2 Å². The summed E-state index contributed by atoms with van der Waals surface area (Å²) in [7, 11) is -2.07. The Morgan fingerprint density at radius 1 is 0.263 bits per heavy atom. The maximum absolute atomic E-state index is 7.59. The molecule has 6 aromatic carbocycles. The standard InChI is InChI=1S/C72H99O3P/c1-67(2,3)58-46-49-61(64(70(10,11)12)55(58)43-31-28-40-52-34-22-19-23-35-52)73-76(74-62-50-47-59(68(4,5)6)56(65(62)71(13,14)15)44-32-29-41-53-36-24-20-25-37-53)75-63-51-48-60(69(7,8)9)57(66(63)72(16,17)18)45-33-30-42-54-38-26-21-27-39-54/h19-27,34-39,46-51H,28-33,40-45H2,1-18H3. The lowest BCUT2D eigenvalue weighted by Crippen LogP contribution is -2.24. The average Bonchev–Trinajstić information content (AvgIpc) is 3.32. The van der Waals surface area contributed by atoms with Gasteiger partial charge < -0.3 is 13.6 Å². The molecule has 0 unspecified atom stereocenters. The molecular formula is C72H99O3P. The van der Waals surface area contributed by atoms with Gasteiger partial charge in [-0.3, -0.25) is 0 Å². The van der Waals surface area contributed by atoms with E-state index in [4.69, 9.17) is 13.6 Å². The third-order valence-corrected chi connectivity index (χ3v) is 16.0. The molecule has 0 radical (unpaired) electrons. The zero-order chi connectivity index (χ0) is 55.7. The van der Waals surface area contributed by atoms with Gasteiger partial charge in [0.25, 0.3) is 0 Å². The van der Waals surface area contributed by atoms with Crippen LogP contribution < -0.4 is 13.6 Å². The summed E-state index contributed by atoms with van der Waals surface area (Å²) in [5.74, 6) is 2.54. The van der Waals surface area contributed by atoms with Gasteiger partial charge in [-0.05, 0) is 178 Å². The minimum absolute atomic E-state index is 0.0627. The number of aryl methyl sites for hydroxylation is 3. The van der Waals surface area contributed by atoms with Crippen molar-refractivity contribution in [2.24, 2.45) is 0 Å². The molecule has 0 aliphatic rings. The predicted octanol–water partition coefficient (Wildman–Crippen LogP) is 20.9. The molecule has 0 saturated carbocycles. The molecule has 0 heterocycles. The Morgan fingerprint density at radius 2 is 0.487 bits per heavy atom. The van der Waals surface area contributed by atoms with Crippen LogP contribution in [0.2, 0.25) is 0 Å². The van der Waals surface area contributed by atoms with E-state index in [-0.39, 0.29) is 32.5 Å². The van der Waals surface area contributed by atoms with Gasteiger partial charge in [-0.15, -0.1) is 0 Å². The van der Waals surface area contributed by atoms with Crippen LogP contribution in [0.1, 0.15) is 230 Å². The Kier molecular flexibility index (Phi) is 20.1. The zero-order valence-corrected chi connectivity index (χ0v) is 51.7. The second kappa shape index (κ2) is 25.3. The van der Waals surface area contributed by atoms with Crippen LogP contribution in [0.25, 0.3) is 0 Å². The van der Waals surface area contributed by atoms with E-state index >= 15 is 0 Å². The average molecular weight is 1040 g/mol. The van der Waals surface area contributed by atoms with Gasteiger partial charge in [-0.25, -0.2) is 0 Å². The van der Waals surface area contributed by atoms with Crippen molar-refractivity contribution in [1.29, 1.82) is 0 Å². The first-order valence-electron chi connectivity index (χ1n) is 29.0. The van der Waals surface area contributed by atoms with Crippen molar-refractivity contribution in [2.45, 2.75) is 234 Å². The summed E-state index contributed by atoms with van der Waals surface area (Å²) in [5.41, 5.74) is 15.4. The van der Waals surface area contributed by atoms with Crippen LogP contribution in [0, 0.1) is 0 Å². The molecule has 6 aromatic rings.